The van der Waals surface area contributed by atoms with Crippen LogP contribution in [0.1, 0.15) is 44.6 Å². The van der Waals surface area contributed by atoms with Crippen LogP contribution in [0.4, 0.5) is 0 Å². The van der Waals surface area contributed by atoms with Gasteiger partial charge in [-0.25, -0.2) is 0 Å². The van der Waals surface area contributed by atoms with Gasteiger partial charge in [-0.3, -0.25) is 4.79 Å². The van der Waals surface area contributed by atoms with Crippen LogP contribution in [0.5, 0.6) is 0 Å². The van der Waals surface area contributed by atoms with Crippen molar-refractivity contribution in [1.82, 2.24) is 5.32 Å². The van der Waals surface area contributed by atoms with Gasteiger partial charge >= 0.3 is 0 Å². The summed E-state index contributed by atoms with van der Waals surface area (Å²) in [6, 6.07) is 7.57. The molecule has 0 aromatic heterocycles. The van der Waals surface area contributed by atoms with Crippen LogP contribution in [0.15, 0.2) is 24.3 Å². The highest BCUT2D eigenvalue weighted by Gasteiger charge is 2.45. The van der Waals surface area contributed by atoms with Gasteiger partial charge in [0, 0.05) is 11.6 Å². The first-order valence-corrected chi connectivity index (χ1v) is 7.68. The monoisotopic (exact) mass is 295 g/mol. The molecule has 1 fully saturated rings. The molecular weight excluding hydrogens is 274 g/mol. The van der Waals surface area contributed by atoms with Crippen LogP contribution in [0.25, 0.3) is 0 Å². The van der Waals surface area contributed by atoms with Crippen LogP contribution in [-0.4, -0.2) is 23.7 Å². The third kappa shape index (κ3) is 3.15. The molecule has 0 saturated heterocycles. The predicted octanol–water partition coefficient (Wildman–Crippen LogP) is 3.04. The second-order valence-corrected chi connectivity index (χ2v) is 5.99. The van der Waals surface area contributed by atoms with Crippen molar-refractivity contribution in [2.45, 2.75) is 50.5 Å². The molecule has 0 heterocycles. The minimum absolute atomic E-state index is 0.0781. The van der Waals surface area contributed by atoms with Gasteiger partial charge in [-0.05, 0) is 43.4 Å². The molecule has 0 bridgehead atoms. The molecule has 3 nitrogen and oxygen atoms in total. The molecule has 2 N–H and O–H groups in total. The maximum absolute atomic E-state index is 12.5. The predicted molar refractivity (Wildman–Crippen MR) is 80.9 cm³/mol. The maximum atomic E-state index is 12.5. The van der Waals surface area contributed by atoms with Gasteiger partial charge in [-0.1, -0.05) is 37.1 Å². The number of nitrogens with one attached hydrogen (secondary N) is 1. The number of halogens is 1. The number of carbonyl (C=O) groups is 1. The molecule has 1 aromatic carbocycles. The molecule has 0 radical (unpaired) electrons. The summed E-state index contributed by atoms with van der Waals surface area (Å²) in [6.45, 7) is 2.47. The van der Waals surface area contributed by atoms with E-state index in [0.717, 1.165) is 31.2 Å². The number of amides is 1. The number of hydrogen-bond donors (Lipinski definition) is 2. The molecular formula is C16H22ClNO2. The largest absolute Gasteiger partial charge is 0.393 e. The third-order valence-electron chi connectivity index (χ3n) is 4.27. The van der Waals surface area contributed by atoms with Gasteiger partial charge in [-0.2, -0.15) is 0 Å². The Balaban J connectivity index is 2.00. The zero-order valence-corrected chi connectivity index (χ0v) is 12.6. The lowest BCUT2D eigenvalue weighted by Crippen LogP contribution is -2.49. The molecule has 1 aliphatic carbocycles. The van der Waals surface area contributed by atoms with E-state index in [0.29, 0.717) is 18.0 Å². The van der Waals surface area contributed by atoms with E-state index in [4.69, 9.17) is 11.6 Å². The van der Waals surface area contributed by atoms with E-state index in [1.807, 2.05) is 31.2 Å². The Morgan fingerprint density at radius 1 is 1.40 bits per heavy atom. The SMILES string of the molecule is CCC(O)CCNC(=O)C1(c2ccc(Cl)cc2)CCC1. The lowest BCUT2D eigenvalue weighted by Gasteiger charge is -2.40. The standard InChI is InChI=1S/C16H22ClNO2/c1-2-14(19)8-11-18-15(20)16(9-3-10-16)12-4-6-13(17)7-5-12/h4-7,14,19H,2-3,8-11H2,1H3,(H,18,20). The van der Waals surface area contributed by atoms with Gasteiger partial charge in [0.25, 0.3) is 0 Å². The maximum Gasteiger partial charge on any atom is 0.230 e. The van der Waals surface area contributed by atoms with E-state index in [1.54, 1.807) is 0 Å². The van der Waals surface area contributed by atoms with Gasteiger partial charge in [0.15, 0.2) is 0 Å². The quantitative estimate of drug-likeness (QED) is 0.847. The fourth-order valence-corrected chi connectivity index (χ4v) is 2.80. The molecule has 1 aromatic rings. The highest BCUT2D eigenvalue weighted by molar-refractivity contribution is 6.30. The van der Waals surface area contributed by atoms with E-state index < -0.39 is 0 Å². The van der Waals surface area contributed by atoms with Crippen molar-refractivity contribution < 1.29 is 9.90 Å². The normalized spacial score (nSPS) is 18.1. The molecule has 2 rings (SSSR count). The van der Waals surface area contributed by atoms with Gasteiger partial charge in [0.1, 0.15) is 0 Å². The molecule has 1 aliphatic rings. The van der Waals surface area contributed by atoms with Crippen molar-refractivity contribution in [3.63, 3.8) is 0 Å². The Morgan fingerprint density at radius 2 is 2.05 bits per heavy atom. The van der Waals surface area contributed by atoms with Gasteiger partial charge in [0.05, 0.1) is 11.5 Å². The summed E-state index contributed by atoms with van der Waals surface area (Å²) >= 11 is 5.91. The van der Waals surface area contributed by atoms with Crippen molar-refractivity contribution in [1.29, 1.82) is 0 Å². The summed E-state index contributed by atoms with van der Waals surface area (Å²) < 4.78 is 0. The first-order chi connectivity index (χ1) is 9.58. The molecule has 4 heteroatoms. The van der Waals surface area contributed by atoms with E-state index >= 15 is 0 Å². The molecule has 1 unspecified atom stereocenters. The first kappa shape index (κ1) is 15.3. The van der Waals surface area contributed by atoms with Crippen molar-refractivity contribution in [2.24, 2.45) is 0 Å². The molecule has 0 aliphatic heterocycles. The smallest absolute Gasteiger partial charge is 0.230 e. The van der Waals surface area contributed by atoms with Gasteiger partial charge in [-0.15, -0.1) is 0 Å². The fraction of sp³-hybridized carbons (Fsp3) is 0.562. The summed E-state index contributed by atoms with van der Waals surface area (Å²) in [5.74, 6) is 0.0781. The summed E-state index contributed by atoms with van der Waals surface area (Å²) in [5.41, 5.74) is 0.656. The van der Waals surface area contributed by atoms with Crippen LogP contribution in [0, 0.1) is 0 Å². The van der Waals surface area contributed by atoms with Crippen LogP contribution in [0.3, 0.4) is 0 Å². The fourth-order valence-electron chi connectivity index (χ4n) is 2.67. The van der Waals surface area contributed by atoms with Crippen molar-refractivity contribution in [3.8, 4) is 0 Å². The van der Waals surface area contributed by atoms with E-state index in [-0.39, 0.29) is 17.4 Å². The first-order valence-electron chi connectivity index (χ1n) is 7.31. The Hall–Kier alpha value is -1.06. The summed E-state index contributed by atoms with van der Waals surface area (Å²) in [6.07, 6.45) is 3.85. The number of carbonyl (C=O) groups excluding carboxylic acids is 1. The van der Waals surface area contributed by atoms with Crippen LogP contribution >= 0.6 is 11.6 Å². The Bertz CT molecular complexity index is 454. The van der Waals surface area contributed by atoms with E-state index in [2.05, 4.69) is 5.32 Å². The Labute approximate surface area is 125 Å². The number of rotatable bonds is 6. The summed E-state index contributed by atoms with van der Waals surface area (Å²) in [4.78, 5) is 12.5. The van der Waals surface area contributed by atoms with Crippen molar-refractivity contribution in [2.75, 3.05) is 6.54 Å². The zero-order chi connectivity index (χ0) is 14.6. The van der Waals surface area contributed by atoms with Gasteiger partial charge in [0.2, 0.25) is 5.91 Å². The Morgan fingerprint density at radius 3 is 2.55 bits per heavy atom. The average molecular weight is 296 g/mol. The van der Waals surface area contributed by atoms with Crippen LogP contribution < -0.4 is 5.32 Å². The average Bonchev–Trinajstić information content (AvgIpc) is 2.39. The highest BCUT2D eigenvalue weighted by atomic mass is 35.5. The number of benzene rings is 1. The van der Waals surface area contributed by atoms with E-state index in [1.165, 1.54) is 0 Å². The van der Waals surface area contributed by atoms with Crippen molar-refractivity contribution in [3.05, 3.63) is 34.9 Å². The molecule has 1 atom stereocenters. The lowest BCUT2D eigenvalue weighted by molar-refractivity contribution is -0.130. The van der Waals surface area contributed by atoms with Crippen LogP contribution in [0.2, 0.25) is 5.02 Å². The molecule has 0 spiro atoms. The van der Waals surface area contributed by atoms with Gasteiger partial charge < -0.3 is 10.4 Å². The minimum Gasteiger partial charge on any atom is -0.393 e. The molecule has 20 heavy (non-hydrogen) atoms. The molecule has 1 saturated carbocycles. The highest BCUT2D eigenvalue weighted by Crippen LogP contribution is 2.44. The second-order valence-electron chi connectivity index (χ2n) is 5.55. The van der Waals surface area contributed by atoms with E-state index in [9.17, 15) is 9.90 Å². The summed E-state index contributed by atoms with van der Waals surface area (Å²) in [7, 11) is 0. The third-order valence-corrected chi connectivity index (χ3v) is 4.52. The number of aliphatic hydroxyl groups excluding tert-OH is 1. The summed E-state index contributed by atoms with van der Waals surface area (Å²) in [5, 5.41) is 13.2. The number of aliphatic hydroxyl groups is 1. The topological polar surface area (TPSA) is 49.3 Å². The van der Waals surface area contributed by atoms with Crippen molar-refractivity contribution >= 4 is 17.5 Å². The Kier molecular flexibility index (Phi) is 5.06. The number of hydrogen-bond acceptors (Lipinski definition) is 2. The second kappa shape index (κ2) is 6.59. The van der Waals surface area contributed by atoms with Crippen LogP contribution in [-0.2, 0) is 10.2 Å². The zero-order valence-electron chi connectivity index (χ0n) is 11.9. The lowest BCUT2D eigenvalue weighted by atomic mass is 9.64. The minimum atomic E-state index is -0.387. The molecule has 110 valence electrons. The molecule has 1 amide bonds.